The molecule has 1 rings (SSSR count). The van der Waals surface area contributed by atoms with Crippen LogP contribution in [-0.4, -0.2) is 24.1 Å². The van der Waals surface area contributed by atoms with Crippen LogP contribution in [-0.2, 0) is 16.1 Å². The summed E-state index contributed by atoms with van der Waals surface area (Å²) >= 11 is 5.90. The van der Waals surface area contributed by atoms with E-state index >= 15 is 0 Å². The van der Waals surface area contributed by atoms with Crippen LogP contribution >= 0.6 is 11.6 Å². The van der Waals surface area contributed by atoms with Gasteiger partial charge in [0.15, 0.2) is 0 Å². The highest BCUT2D eigenvalue weighted by Crippen LogP contribution is 2.24. The van der Waals surface area contributed by atoms with Gasteiger partial charge in [0.1, 0.15) is 12.2 Å². The highest BCUT2D eigenvalue weighted by atomic mass is 35.5. The summed E-state index contributed by atoms with van der Waals surface area (Å²) in [5.41, 5.74) is 0.773. The van der Waals surface area contributed by atoms with Crippen molar-refractivity contribution in [2.45, 2.75) is 13.0 Å². The Hall–Kier alpha value is -1.75. The predicted molar refractivity (Wildman–Crippen MR) is 62.1 cm³/mol. The van der Waals surface area contributed by atoms with E-state index < -0.39 is 18.3 Å². The van der Waals surface area contributed by atoms with Crippen molar-refractivity contribution in [3.63, 3.8) is 0 Å². The monoisotopic (exact) mass is 257 g/mol. The Kier molecular flexibility index (Phi) is 4.78. The molecule has 0 aliphatic heterocycles. The fraction of sp³-hybridized carbons (Fsp3) is 0.273. The van der Waals surface area contributed by atoms with Crippen LogP contribution in [0.3, 0.4) is 0 Å². The molecule has 0 unspecified atom stereocenters. The zero-order valence-electron chi connectivity index (χ0n) is 9.20. The second-order valence-corrected chi connectivity index (χ2v) is 3.72. The Morgan fingerprint density at radius 2 is 2.18 bits per heavy atom. The van der Waals surface area contributed by atoms with Crippen LogP contribution in [0.1, 0.15) is 12.0 Å². The average Bonchev–Trinajstić information content (AvgIpc) is 2.25. The van der Waals surface area contributed by atoms with Gasteiger partial charge in [0.2, 0.25) is 5.91 Å². The minimum absolute atomic E-state index is 0.232. The van der Waals surface area contributed by atoms with Crippen molar-refractivity contribution in [3.05, 3.63) is 28.8 Å². The van der Waals surface area contributed by atoms with E-state index in [0.29, 0.717) is 10.8 Å². The van der Waals surface area contributed by atoms with Crippen molar-refractivity contribution < 1.29 is 19.4 Å². The molecule has 1 amide bonds. The number of carbonyl (C=O) groups excluding carboxylic acids is 1. The SMILES string of the molecule is COc1ccc(CNC(=O)CC(=O)O)cc1Cl. The van der Waals surface area contributed by atoms with Gasteiger partial charge in [-0.2, -0.15) is 0 Å². The highest BCUT2D eigenvalue weighted by Gasteiger charge is 2.07. The molecule has 0 spiro atoms. The molecule has 6 heteroatoms. The van der Waals surface area contributed by atoms with Crippen molar-refractivity contribution in [2.24, 2.45) is 0 Å². The van der Waals surface area contributed by atoms with Crippen LogP contribution in [0.4, 0.5) is 0 Å². The number of nitrogens with one attached hydrogen (secondary N) is 1. The number of halogens is 1. The Balaban J connectivity index is 2.55. The van der Waals surface area contributed by atoms with Crippen molar-refractivity contribution in [2.75, 3.05) is 7.11 Å². The quantitative estimate of drug-likeness (QED) is 0.783. The van der Waals surface area contributed by atoms with Crippen LogP contribution in [0, 0.1) is 0 Å². The fourth-order valence-corrected chi connectivity index (χ4v) is 1.50. The fourth-order valence-electron chi connectivity index (χ4n) is 1.22. The first-order chi connectivity index (χ1) is 8.02. The van der Waals surface area contributed by atoms with Crippen molar-refractivity contribution in [1.82, 2.24) is 5.32 Å². The molecule has 0 saturated heterocycles. The van der Waals surface area contributed by atoms with Crippen molar-refractivity contribution in [3.8, 4) is 5.75 Å². The van der Waals surface area contributed by atoms with Gasteiger partial charge in [-0.25, -0.2) is 0 Å². The number of carboxylic acids is 1. The number of benzene rings is 1. The molecule has 0 aliphatic rings. The summed E-state index contributed by atoms with van der Waals surface area (Å²) in [6, 6.07) is 5.08. The zero-order valence-corrected chi connectivity index (χ0v) is 9.95. The van der Waals surface area contributed by atoms with Crippen LogP contribution in [0.5, 0.6) is 5.75 Å². The van der Waals surface area contributed by atoms with Crippen LogP contribution < -0.4 is 10.1 Å². The molecule has 0 heterocycles. The van der Waals surface area contributed by atoms with Crippen LogP contribution in [0.15, 0.2) is 18.2 Å². The summed E-state index contributed by atoms with van der Waals surface area (Å²) in [4.78, 5) is 21.3. The normalized spacial score (nSPS) is 9.76. The molecule has 17 heavy (non-hydrogen) atoms. The number of aliphatic carboxylic acids is 1. The van der Waals surface area contributed by atoms with E-state index in [1.54, 1.807) is 18.2 Å². The molecule has 0 atom stereocenters. The lowest BCUT2D eigenvalue weighted by Gasteiger charge is -2.07. The summed E-state index contributed by atoms with van der Waals surface area (Å²) in [5, 5.41) is 11.3. The average molecular weight is 258 g/mol. The molecule has 0 radical (unpaired) electrons. The Bertz CT molecular complexity index is 433. The largest absolute Gasteiger partial charge is 0.495 e. The molecule has 0 fully saturated rings. The number of rotatable bonds is 5. The number of carbonyl (C=O) groups is 2. The molecule has 2 N–H and O–H groups in total. The first kappa shape index (κ1) is 13.3. The van der Waals surface area contributed by atoms with Crippen LogP contribution in [0.25, 0.3) is 0 Å². The maximum atomic E-state index is 11.1. The molecule has 0 aromatic heterocycles. The second-order valence-electron chi connectivity index (χ2n) is 3.32. The number of ether oxygens (including phenoxy) is 1. The van der Waals surface area contributed by atoms with E-state index in [-0.39, 0.29) is 6.54 Å². The molecule has 0 saturated carbocycles. The lowest BCUT2D eigenvalue weighted by atomic mass is 10.2. The minimum Gasteiger partial charge on any atom is -0.495 e. The highest BCUT2D eigenvalue weighted by molar-refractivity contribution is 6.32. The maximum Gasteiger partial charge on any atom is 0.312 e. The number of amides is 1. The number of hydrogen-bond acceptors (Lipinski definition) is 3. The smallest absolute Gasteiger partial charge is 0.312 e. The molecule has 1 aromatic rings. The molecular formula is C11H12ClNO4. The summed E-state index contributed by atoms with van der Waals surface area (Å²) < 4.78 is 4.98. The third-order valence-electron chi connectivity index (χ3n) is 2.02. The second kappa shape index (κ2) is 6.10. The molecule has 0 aliphatic carbocycles. The Labute approximate surface area is 103 Å². The van der Waals surface area contributed by atoms with E-state index in [0.717, 1.165) is 5.56 Å². The van der Waals surface area contributed by atoms with Gasteiger partial charge in [-0.3, -0.25) is 9.59 Å². The molecule has 1 aromatic carbocycles. The standard InChI is InChI=1S/C11H12ClNO4/c1-17-9-3-2-7(4-8(9)12)6-13-10(14)5-11(15)16/h2-4H,5-6H2,1H3,(H,13,14)(H,15,16). The first-order valence-corrected chi connectivity index (χ1v) is 5.21. The van der Waals surface area contributed by atoms with Gasteiger partial charge in [0.05, 0.1) is 12.1 Å². The Morgan fingerprint density at radius 1 is 1.47 bits per heavy atom. The van der Waals surface area contributed by atoms with E-state index in [9.17, 15) is 9.59 Å². The van der Waals surface area contributed by atoms with E-state index in [2.05, 4.69) is 5.32 Å². The number of methoxy groups -OCH3 is 1. The third kappa shape index (κ3) is 4.32. The zero-order chi connectivity index (χ0) is 12.8. The number of hydrogen-bond donors (Lipinski definition) is 2. The van der Waals surface area contributed by atoms with E-state index in [1.165, 1.54) is 7.11 Å². The predicted octanol–water partition coefficient (Wildman–Crippen LogP) is 1.44. The molecule has 0 bridgehead atoms. The third-order valence-corrected chi connectivity index (χ3v) is 2.31. The lowest BCUT2D eigenvalue weighted by molar-refractivity contribution is -0.140. The van der Waals surface area contributed by atoms with E-state index in [4.69, 9.17) is 21.4 Å². The number of carboxylic acid groups (broad SMARTS) is 1. The van der Waals surface area contributed by atoms with E-state index in [1.807, 2.05) is 0 Å². The summed E-state index contributed by atoms with van der Waals surface area (Å²) in [5.74, 6) is -1.15. The molecule has 5 nitrogen and oxygen atoms in total. The first-order valence-electron chi connectivity index (χ1n) is 4.84. The molecular weight excluding hydrogens is 246 g/mol. The van der Waals surface area contributed by atoms with Crippen molar-refractivity contribution in [1.29, 1.82) is 0 Å². The van der Waals surface area contributed by atoms with Gasteiger partial charge >= 0.3 is 5.97 Å². The molecule has 92 valence electrons. The van der Waals surface area contributed by atoms with Gasteiger partial charge < -0.3 is 15.2 Å². The van der Waals surface area contributed by atoms with Gasteiger partial charge in [-0.15, -0.1) is 0 Å². The lowest BCUT2D eigenvalue weighted by Crippen LogP contribution is -2.25. The van der Waals surface area contributed by atoms with Crippen LogP contribution in [0.2, 0.25) is 5.02 Å². The van der Waals surface area contributed by atoms with Gasteiger partial charge in [-0.1, -0.05) is 17.7 Å². The topological polar surface area (TPSA) is 75.6 Å². The Morgan fingerprint density at radius 3 is 2.71 bits per heavy atom. The van der Waals surface area contributed by atoms with Gasteiger partial charge in [0.25, 0.3) is 0 Å². The summed E-state index contributed by atoms with van der Waals surface area (Å²) in [6.07, 6.45) is -0.538. The minimum atomic E-state index is -1.16. The van der Waals surface area contributed by atoms with Crippen molar-refractivity contribution >= 4 is 23.5 Å². The van der Waals surface area contributed by atoms with Gasteiger partial charge in [0, 0.05) is 6.54 Å². The van der Waals surface area contributed by atoms with Gasteiger partial charge in [-0.05, 0) is 17.7 Å². The maximum absolute atomic E-state index is 11.1. The summed E-state index contributed by atoms with van der Waals surface area (Å²) in [7, 11) is 1.51. The summed E-state index contributed by atoms with van der Waals surface area (Å²) in [6.45, 7) is 0.232.